The minimum atomic E-state index is -3.47. The molecule has 0 saturated carbocycles. The zero-order valence-corrected chi connectivity index (χ0v) is 17.8. The molecule has 1 amide bonds. The van der Waals surface area contributed by atoms with Crippen LogP contribution in [0.2, 0.25) is 0 Å². The number of rotatable bonds is 7. The van der Waals surface area contributed by atoms with Crippen molar-refractivity contribution >= 4 is 22.0 Å². The van der Waals surface area contributed by atoms with Crippen molar-refractivity contribution in [3.63, 3.8) is 0 Å². The molecule has 6 heteroatoms. The Morgan fingerprint density at radius 1 is 1.07 bits per heavy atom. The molecule has 0 heterocycles. The minimum absolute atomic E-state index is 0.0768. The van der Waals surface area contributed by atoms with Gasteiger partial charge >= 0.3 is 0 Å². The van der Waals surface area contributed by atoms with Crippen molar-refractivity contribution in [2.24, 2.45) is 0 Å². The number of nitrogens with one attached hydrogen (secondary N) is 2. The van der Waals surface area contributed by atoms with E-state index in [1.165, 1.54) is 42.2 Å². The summed E-state index contributed by atoms with van der Waals surface area (Å²) in [5.41, 5.74) is 4.71. The zero-order valence-electron chi connectivity index (χ0n) is 16.9. The molecule has 0 spiro atoms. The van der Waals surface area contributed by atoms with Gasteiger partial charge in [0.25, 0.3) is 0 Å². The Morgan fingerprint density at radius 2 is 1.76 bits per heavy atom. The van der Waals surface area contributed by atoms with E-state index in [9.17, 15) is 13.2 Å². The van der Waals surface area contributed by atoms with Crippen LogP contribution in [0.1, 0.15) is 55.0 Å². The second-order valence-electron chi connectivity index (χ2n) is 7.37. The van der Waals surface area contributed by atoms with Crippen LogP contribution in [-0.2, 0) is 27.7 Å². The number of aryl methyl sites for hydroxylation is 2. The first-order valence-electron chi connectivity index (χ1n) is 10.1. The van der Waals surface area contributed by atoms with Gasteiger partial charge in [-0.1, -0.05) is 37.3 Å². The molecule has 2 N–H and O–H groups in total. The van der Waals surface area contributed by atoms with E-state index in [4.69, 9.17) is 0 Å². The highest BCUT2D eigenvalue weighted by Crippen LogP contribution is 2.24. The fourth-order valence-electron chi connectivity index (χ4n) is 3.57. The van der Waals surface area contributed by atoms with Crippen LogP contribution < -0.4 is 10.0 Å². The van der Waals surface area contributed by atoms with Gasteiger partial charge in [0.2, 0.25) is 15.9 Å². The molecule has 29 heavy (non-hydrogen) atoms. The van der Waals surface area contributed by atoms with Gasteiger partial charge in [0, 0.05) is 12.6 Å². The van der Waals surface area contributed by atoms with Crippen molar-refractivity contribution in [2.45, 2.75) is 50.5 Å². The van der Waals surface area contributed by atoms with Crippen LogP contribution in [0.15, 0.2) is 53.4 Å². The second kappa shape index (κ2) is 9.37. The van der Waals surface area contributed by atoms with Gasteiger partial charge in [-0.25, -0.2) is 13.1 Å². The molecule has 1 aliphatic carbocycles. The maximum atomic E-state index is 12.3. The van der Waals surface area contributed by atoms with Crippen molar-refractivity contribution in [3.05, 3.63) is 70.8 Å². The smallest absolute Gasteiger partial charge is 0.244 e. The fraction of sp³-hybridized carbons (Fsp3) is 0.348. The van der Waals surface area contributed by atoms with Crippen LogP contribution in [-0.4, -0.2) is 20.9 Å². The minimum Gasteiger partial charge on any atom is -0.346 e. The lowest BCUT2D eigenvalue weighted by molar-refractivity contribution is -0.117. The van der Waals surface area contributed by atoms with Crippen LogP contribution in [0.25, 0.3) is 6.08 Å². The number of amides is 1. The first-order valence-corrected chi connectivity index (χ1v) is 11.6. The number of hydrogen-bond donors (Lipinski definition) is 2. The number of hydrogen-bond acceptors (Lipinski definition) is 3. The average molecular weight is 413 g/mol. The highest BCUT2D eigenvalue weighted by Gasteiger charge is 2.14. The summed E-state index contributed by atoms with van der Waals surface area (Å²) in [5, 5.41) is 2.99. The van der Waals surface area contributed by atoms with Crippen molar-refractivity contribution in [1.82, 2.24) is 10.0 Å². The molecule has 1 aliphatic rings. The molecule has 0 aromatic heterocycles. The van der Waals surface area contributed by atoms with Gasteiger partial charge in [0.1, 0.15) is 0 Å². The van der Waals surface area contributed by atoms with Gasteiger partial charge in [-0.15, -0.1) is 0 Å². The fourth-order valence-corrected chi connectivity index (χ4v) is 4.61. The topological polar surface area (TPSA) is 75.3 Å². The Labute approximate surface area is 173 Å². The molecule has 1 unspecified atom stereocenters. The van der Waals surface area contributed by atoms with E-state index < -0.39 is 10.0 Å². The average Bonchev–Trinajstić information content (AvgIpc) is 2.72. The summed E-state index contributed by atoms with van der Waals surface area (Å²) in [6.45, 7) is 4.06. The van der Waals surface area contributed by atoms with Gasteiger partial charge in [0.05, 0.1) is 10.9 Å². The third kappa shape index (κ3) is 5.55. The van der Waals surface area contributed by atoms with E-state index in [2.05, 4.69) is 28.2 Å². The highest BCUT2D eigenvalue weighted by molar-refractivity contribution is 7.89. The number of benzene rings is 2. The van der Waals surface area contributed by atoms with Crippen LogP contribution in [0.4, 0.5) is 0 Å². The van der Waals surface area contributed by atoms with Gasteiger partial charge < -0.3 is 5.32 Å². The van der Waals surface area contributed by atoms with Crippen molar-refractivity contribution < 1.29 is 13.2 Å². The number of carbonyl (C=O) groups excluding carboxylic acids is 1. The third-order valence-electron chi connectivity index (χ3n) is 5.18. The van der Waals surface area contributed by atoms with Crippen molar-refractivity contribution in [1.29, 1.82) is 0 Å². The Bertz CT molecular complexity index is 995. The largest absolute Gasteiger partial charge is 0.346 e. The second-order valence-corrected chi connectivity index (χ2v) is 9.14. The van der Waals surface area contributed by atoms with Crippen molar-refractivity contribution in [2.75, 3.05) is 6.54 Å². The summed E-state index contributed by atoms with van der Waals surface area (Å²) in [7, 11) is -3.47. The van der Waals surface area contributed by atoms with Crippen LogP contribution >= 0.6 is 0 Å². The Hall–Kier alpha value is -2.44. The summed E-state index contributed by atoms with van der Waals surface area (Å²) in [6, 6.07) is 12.9. The number of fused-ring (bicyclic) bond motifs is 1. The Balaban J connectivity index is 1.60. The number of carbonyl (C=O) groups is 1. The maximum absolute atomic E-state index is 12.3. The molecular formula is C23H28N2O3S. The first kappa shape index (κ1) is 21.3. The Kier molecular flexibility index (Phi) is 6.87. The van der Waals surface area contributed by atoms with Crippen LogP contribution in [0.5, 0.6) is 0 Å². The molecule has 1 atom stereocenters. The monoisotopic (exact) mass is 412 g/mol. The summed E-state index contributed by atoms with van der Waals surface area (Å²) >= 11 is 0. The zero-order chi connectivity index (χ0) is 20.9. The van der Waals surface area contributed by atoms with Gasteiger partial charge in [0.15, 0.2) is 0 Å². The number of sulfonamides is 1. The summed E-state index contributed by atoms with van der Waals surface area (Å²) in [5.74, 6) is -0.181. The van der Waals surface area contributed by atoms with Crippen LogP contribution in [0.3, 0.4) is 0 Å². The molecule has 3 rings (SSSR count). The molecule has 154 valence electrons. The molecule has 0 radical (unpaired) electrons. The van der Waals surface area contributed by atoms with Crippen LogP contribution in [0, 0.1) is 0 Å². The predicted molar refractivity (Wildman–Crippen MR) is 116 cm³/mol. The lowest BCUT2D eigenvalue weighted by atomic mass is 9.89. The third-order valence-corrected chi connectivity index (χ3v) is 6.74. The predicted octanol–water partition coefficient (Wildman–Crippen LogP) is 3.75. The molecule has 2 aromatic carbocycles. The summed E-state index contributed by atoms with van der Waals surface area (Å²) in [6.07, 6.45) is 7.90. The van der Waals surface area contributed by atoms with E-state index in [-0.39, 0.29) is 16.8 Å². The van der Waals surface area contributed by atoms with Gasteiger partial charge in [-0.05, 0) is 73.1 Å². The molecule has 0 aliphatic heterocycles. The Morgan fingerprint density at radius 3 is 2.45 bits per heavy atom. The van der Waals surface area contributed by atoms with E-state index in [0.29, 0.717) is 6.54 Å². The molecule has 0 bridgehead atoms. The normalized spacial score (nSPS) is 15.1. The molecule has 0 fully saturated rings. The van der Waals surface area contributed by atoms with E-state index in [1.807, 2.05) is 6.92 Å². The van der Waals surface area contributed by atoms with E-state index >= 15 is 0 Å². The van der Waals surface area contributed by atoms with E-state index in [0.717, 1.165) is 24.0 Å². The quantitative estimate of drug-likeness (QED) is 0.680. The van der Waals surface area contributed by atoms with E-state index in [1.54, 1.807) is 25.1 Å². The first-order chi connectivity index (χ1) is 13.9. The lowest BCUT2D eigenvalue weighted by Gasteiger charge is -2.19. The summed E-state index contributed by atoms with van der Waals surface area (Å²) < 4.78 is 26.4. The van der Waals surface area contributed by atoms with Crippen molar-refractivity contribution in [3.8, 4) is 0 Å². The molecular weight excluding hydrogens is 384 g/mol. The highest BCUT2D eigenvalue weighted by atomic mass is 32.2. The molecule has 5 nitrogen and oxygen atoms in total. The lowest BCUT2D eigenvalue weighted by Crippen LogP contribution is -2.25. The SMILES string of the molecule is CCNS(=O)(=O)c1ccc(/C=C/C(=O)NC(C)c2ccc3c(c2)CCCC3)cc1. The van der Waals surface area contributed by atoms with Gasteiger partial charge in [-0.3, -0.25) is 4.79 Å². The standard InChI is InChI=1S/C23H28N2O3S/c1-3-24-29(27,28)22-13-8-18(9-14-22)10-15-23(26)25-17(2)20-12-11-19-6-4-5-7-21(19)16-20/h8-17,24H,3-7H2,1-2H3,(H,25,26)/b15-10+. The molecule has 2 aromatic rings. The molecule has 0 saturated heterocycles. The summed E-state index contributed by atoms with van der Waals surface area (Å²) in [4.78, 5) is 12.5. The van der Waals surface area contributed by atoms with Gasteiger partial charge in [-0.2, -0.15) is 0 Å². The maximum Gasteiger partial charge on any atom is 0.244 e.